The van der Waals surface area contributed by atoms with Crippen molar-refractivity contribution < 1.29 is 14.7 Å². The Morgan fingerprint density at radius 3 is 2.76 bits per heavy atom. The molecule has 1 heterocycles. The van der Waals surface area contributed by atoms with E-state index in [1.807, 2.05) is 11.8 Å². The van der Waals surface area contributed by atoms with Crippen LogP contribution in [-0.2, 0) is 0 Å². The van der Waals surface area contributed by atoms with E-state index in [0.29, 0.717) is 5.69 Å². The van der Waals surface area contributed by atoms with Crippen molar-refractivity contribution in [1.82, 2.24) is 4.90 Å². The predicted octanol–water partition coefficient (Wildman–Crippen LogP) is 3.83. The topological polar surface area (TPSA) is 69.6 Å². The molecule has 1 aliphatic rings. The number of carbonyl (C=O) groups excluding carboxylic acids is 1. The zero-order valence-corrected chi connectivity index (χ0v) is 12.7. The second-order valence-electron chi connectivity index (χ2n) is 5.32. The van der Waals surface area contributed by atoms with Crippen molar-refractivity contribution in [2.45, 2.75) is 38.6 Å². The number of carboxylic acid groups (broad SMARTS) is 1. The van der Waals surface area contributed by atoms with E-state index in [4.69, 9.17) is 16.7 Å². The average Bonchev–Trinajstić information content (AvgIpc) is 2.65. The summed E-state index contributed by atoms with van der Waals surface area (Å²) < 4.78 is 0. The van der Waals surface area contributed by atoms with Crippen molar-refractivity contribution in [1.29, 1.82) is 0 Å². The molecule has 0 aliphatic carbocycles. The predicted molar refractivity (Wildman–Crippen MR) is 82.1 cm³/mol. The summed E-state index contributed by atoms with van der Waals surface area (Å²) in [5, 5.41) is 11.9. The molecule has 0 spiro atoms. The Kier molecular flexibility index (Phi) is 5.07. The van der Waals surface area contributed by atoms with Gasteiger partial charge in [-0.25, -0.2) is 9.59 Å². The monoisotopic (exact) mass is 310 g/mol. The minimum atomic E-state index is -1.05. The molecule has 21 heavy (non-hydrogen) atoms. The van der Waals surface area contributed by atoms with Crippen LogP contribution in [0.1, 0.15) is 43.0 Å². The molecule has 114 valence electrons. The van der Waals surface area contributed by atoms with E-state index in [0.717, 1.165) is 32.2 Å². The van der Waals surface area contributed by atoms with E-state index in [2.05, 4.69) is 5.32 Å². The van der Waals surface area contributed by atoms with Gasteiger partial charge in [-0.05, 0) is 38.0 Å². The second-order valence-corrected chi connectivity index (χ2v) is 5.73. The third kappa shape index (κ3) is 3.88. The molecule has 1 atom stereocenters. The summed E-state index contributed by atoms with van der Waals surface area (Å²) in [6.07, 6.45) is 4.28. The highest BCUT2D eigenvalue weighted by molar-refractivity contribution is 6.34. The van der Waals surface area contributed by atoms with Gasteiger partial charge in [0, 0.05) is 12.6 Å². The molecule has 6 heteroatoms. The quantitative estimate of drug-likeness (QED) is 0.872. The number of carboxylic acids is 1. The number of aromatic carboxylic acids is 1. The lowest BCUT2D eigenvalue weighted by molar-refractivity contribution is 0.0697. The number of carbonyl (C=O) groups is 2. The highest BCUT2D eigenvalue weighted by Gasteiger charge is 2.22. The summed E-state index contributed by atoms with van der Waals surface area (Å²) in [6.45, 7) is 2.78. The number of amides is 2. The third-order valence-corrected chi connectivity index (χ3v) is 4.08. The maximum absolute atomic E-state index is 12.3. The van der Waals surface area contributed by atoms with E-state index >= 15 is 0 Å². The Labute approximate surface area is 128 Å². The maximum Gasteiger partial charge on any atom is 0.335 e. The number of benzene rings is 1. The number of halogens is 1. The van der Waals surface area contributed by atoms with Gasteiger partial charge in [-0.2, -0.15) is 0 Å². The molecule has 0 bridgehead atoms. The van der Waals surface area contributed by atoms with Gasteiger partial charge < -0.3 is 15.3 Å². The lowest BCUT2D eigenvalue weighted by Crippen LogP contribution is -2.41. The Hall–Kier alpha value is -1.75. The van der Waals surface area contributed by atoms with Gasteiger partial charge in [0.1, 0.15) is 0 Å². The summed E-state index contributed by atoms with van der Waals surface area (Å²) in [5.74, 6) is -1.05. The van der Waals surface area contributed by atoms with Crippen molar-refractivity contribution >= 4 is 29.3 Å². The first-order chi connectivity index (χ1) is 9.99. The number of hydrogen-bond donors (Lipinski definition) is 2. The molecule has 0 saturated carbocycles. The fourth-order valence-electron chi connectivity index (χ4n) is 2.51. The van der Waals surface area contributed by atoms with Gasteiger partial charge in [0.05, 0.1) is 16.3 Å². The Morgan fingerprint density at radius 2 is 2.10 bits per heavy atom. The number of likely N-dealkylation sites (tertiary alicyclic amines) is 1. The largest absolute Gasteiger partial charge is 0.478 e. The first-order valence-corrected chi connectivity index (χ1v) is 7.47. The molecule has 2 amide bonds. The average molecular weight is 311 g/mol. The summed E-state index contributed by atoms with van der Waals surface area (Å²) in [7, 11) is 0. The minimum Gasteiger partial charge on any atom is -0.478 e. The van der Waals surface area contributed by atoms with Crippen LogP contribution < -0.4 is 5.32 Å². The van der Waals surface area contributed by atoms with E-state index in [1.54, 1.807) is 0 Å². The molecule has 1 aliphatic heterocycles. The van der Waals surface area contributed by atoms with Crippen molar-refractivity contribution in [2.75, 3.05) is 11.9 Å². The van der Waals surface area contributed by atoms with E-state index in [9.17, 15) is 9.59 Å². The maximum atomic E-state index is 12.3. The van der Waals surface area contributed by atoms with E-state index < -0.39 is 5.97 Å². The molecule has 2 rings (SSSR count). The van der Waals surface area contributed by atoms with E-state index in [-0.39, 0.29) is 22.7 Å². The fraction of sp³-hybridized carbons (Fsp3) is 0.467. The van der Waals surface area contributed by atoms with Crippen molar-refractivity contribution in [2.24, 2.45) is 0 Å². The number of nitrogens with one attached hydrogen (secondary N) is 1. The number of hydrogen-bond acceptors (Lipinski definition) is 2. The van der Waals surface area contributed by atoms with Crippen LogP contribution in [0.5, 0.6) is 0 Å². The first-order valence-electron chi connectivity index (χ1n) is 7.09. The van der Waals surface area contributed by atoms with Crippen molar-refractivity contribution in [3.63, 3.8) is 0 Å². The molecule has 5 nitrogen and oxygen atoms in total. The molecule has 0 aromatic heterocycles. The third-order valence-electron chi connectivity index (χ3n) is 3.77. The molecular formula is C15H19ClN2O3. The van der Waals surface area contributed by atoms with Crippen molar-refractivity contribution in [3.8, 4) is 0 Å². The number of nitrogens with zero attached hydrogens (tertiary/aromatic N) is 1. The number of urea groups is 1. The molecule has 1 fully saturated rings. The van der Waals surface area contributed by atoms with Crippen LogP contribution in [0.3, 0.4) is 0 Å². The lowest BCUT2D eigenvalue weighted by Gasteiger charge is -2.27. The van der Waals surface area contributed by atoms with Crippen LogP contribution in [0.4, 0.5) is 10.5 Å². The van der Waals surface area contributed by atoms with Gasteiger partial charge in [0.2, 0.25) is 0 Å². The molecule has 2 N–H and O–H groups in total. The van der Waals surface area contributed by atoms with Gasteiger partial charge in [-0.3, -0.25) is 0 Å². The summed E-state index contributed by atoms with van der Waals surface area (Å²) in [4.78, 5) is 25.0. The molecule has 1 unspecified atom stereocenters. The summed E-state index contributed by atoms with van der Waals surface area (Å²) in [5.41, 5.74) is 0.532. The van der Waals surface area contributed by atoms with Crippen molar-refractivity contribution in [3.05, 3.63) is 28.8 Å². The molecule has 1 saturated heterocycles. The van der Waals surface area contributed by atoms with Crippen LogP contribution in [0, 0.1) is 0 Å². The van der Waals surface area contributed by atoms with Crippen LogP contribution in [0.25, 0.3) is 0 Å². The number of anilines is 1. The zero-order chi connectivity index (χ0) is 15.4. The first kappa shape index (κ1) is 15.6. The van der Waals surface area contributed by atoms with E-state index in [1.165, 1.54) is 18.2 Å². The van der Waals surface area contributed by atoms with Gasteiger partial charge in [-0.1, -0.05) is 24.4 Å². The highest BCUT2D eigenvalue weighted by Crippen LogP contribution is 2.24. The second kappa shape index (κ2) is 6.80. The summed E-state index contributed by atoms with van der Waals surface area (Å²) >= 11 is 6.03. The van der Waals surface area contributed by atoms with Crippen LogP contribution in [0.2, 0.25) is 5.02 Å². The Morgan fingerprint density at radius 1 is 1.33 bits per heavy atom. The number of rotatable bonds is 2. The smallest absolute Gasteiger partial charge is 0.335 e. The normalized spacial score (nSPS) is 19.0. The minimum absolute atomic E-state index is 0.0983. The Balaban J connectivity index is 2.10. The molecule has 1 aromatic rings. The van der Waals surface area contributed by atoms with Gasteiger partial charge in [0.25, 0.3) is 0 Å². The van der Waals surface area contributed by atoms with Crippen LogP contribution in [-0.4, -0.2) is 34.6 Å². The highest BCUT2D eigenvalue weighted by atomic mass is 35.5. The van der Waals surface area contributed by atoms with Gasteiger partial charge in [0.15, 0.2) is 0 Å². The van der Waals surface area contributed by atoms with Gasteiger partial charge in [-0.15, -0.1) is 0 Å². The zero-order valence-electron chi connectivity index (χ0n) is 11.9. The van der Waals surface area contributed by atoms with Gasteiger partial charge >= 0.3 is 12.0 Å². The standard InChI is InChI=1S/C15H19ClN2O3/c1-10-5-3-2-4-8-18(10)15(21)17-13-7-6-11(14(19)20)9-12(13)16/h6-7,9-10H,2-5,8H2,1H3,(H,17,21)(H,19,20). The fourth-order valence-corrected chi connectivity index (χ4v) is 2.74. The van der Waals surface area contributed by atoms with Crippen LogP contribution >= 0.6 is 11.6 Å². The molecule has 0 radical (unpaired) electrons. The SMILES string of the molecule is CC1CCCCCN1C(=O)Nc1ccc(C(=O)O)cc1Cl. The summed E-state index contributed by atoms with van der Waals surface area (Å²) in [6, 6.07) is 4.30. The molecular weight excluding hydrogens is 292 g/mol. The molecule has 1 aromatic carbocycles. The van der Waals surface area contributed by atoms with Crippen LogP contribution in [0.15, 0.2) is 18.2 Å². The lowest BCUT2D eigenvalue weighted by atomic mass is 10.1. The Bertz CT molecular complexity index is 548.